The molecule has 0 spiro atoms. The summed E-state index contributed by atoms with van der Waals surface area (Å²) in [5, 5.41) is 11.5. The van der Waals surface area contributed by atoms with Gasteiger partial charge in [0.05, 0.1) is 0 Å². The van der Waals surface area contributed by atoms with Gasteiger partial charge in [-0.15, -0.1) is 0 Å². The first-order valence-corrected chi connectivity index (χ1v) is 8.26. The molecule has 0 aliphatic carbocycles. The SMILES string of the molecule is Cc1cccc(-c2nc(C(O)c3cc4cc(C=O)ccc4o3)c(C)o2)c1. The van der Waals surface area contributed by atoms with Gasteiger partial charge in [0, 0.05) is 16.5 Å². The Morgan fingerprint density at radius 2 is 1.92 bits per heavy atom. The second-order valence-corrected chi connectivity index (χ2v) is 6.30. The van der Waals surface area contributed by atoms with Crippen molar-refractivity contribution in [3.05, 3.63) is 76.9 Å². The minimum absolute atomic E-state index is 0.357. The second-order valence-electron chi connectivity index (χ2n) is 6.30. The number of hydrogen-bond acceptors (Lipinski definition) is 5. The van der Waals surface area contributed by atoms with Gasteiger partial charge in [-0.05, 0) is 50.2 Å². The molecule has 0 aliphatic heterocycles. The summed E-state index contributed by atoms with van der Waals surface area (Å²) in [6.45, 7) is 3.76. The number of rotatable bonds is 4. The molecule has 0 saturated carbocycles. The molecule has 2 aromatic heterocycles. The molecule has 4 rings (SSSR count). The van der Waals surface area contributed by atoms with E-state index < -0.39 is 6.10 Å². The van der Waals surface area contributed by atoms with Gasteiger partial charge < -0.3 is 13.9 Å². The van der Waals surface area contributed by atoms with E-state index in [2.05, 4.69) is 4.98 Å². The van der Waals surface area contributed by atoms with E-state index in [1.165, 1.54) is 0 Å². The highest BCUT2D eigenvalue weighted by Crippen LogP contribution is 2.32. The summed E-state index contributed by atoms with van der Waals surface area (Å²) in [6.07, 6.45) is -0.275. The molecule has 0 saturated heterocycles. The first kappa shape index (κ1) is 16.3. The topological polar surface area (TPSA) is 76.5 Å². The lowest BCUT2D eigenvalue weighted by Crippen LogP contribution is -2.00. The standard InChI is InChI=1S/C21H17NO4/c1-12-4-3-5-15(8-12)21-22-19(13(2)25-21)20(24)18-10-16-9-14(11-23)6-7-17(16)26-18/h3-11,20,24H,1-2H3. The summed E-state index contributed by atoms with van der Waals surface area (Å²) in [4.78, 5) is 15.4. The molecular weight excluding hydrogens is 330 g/mol. The van der Waals surface area contributed by atoms with Crippen molar-refractivity contribution in [1.29, 1.82) is 0 Å². The quantitative estimate of drug-likeness (QED) is 0.546. The van der Waals surface area contributed by atoms with Crippen LogP contribution < -0.4 is 0 Å². The summed E-state index contributed by atoms with van der Waals surface area (Å²) in [7, 11) is 0. The number of carbonyl (C=O) groups is 1. The lowest BCUT2D eigenvalue weighted by atomic mass is 10.1. The maximum absolute atomic E-state index is 10.9. The highest BCUT2D eigenvalue weighted by Gasteiger charge is 2.23. The summed E-state index contributed by atoms with van der Waals surface area (Å²) in [6, 6.07) is 14.6. The first-order chi connectivity index (χ1) is 12.5. The van der Waals surface area contributed by atoms with Crippen LogP contribution >= 0.6 is 0 Å². The third-order valence-electron chi connectivity index (χ3n) is 4.32. The van der Waals surface area contributed by atoms with Crippen LogP contribution in [0.1, 0.15) is 39.2 Å². The number of aromatic nitrogens is 1. The van der Waals surface area contributed by atoms with Crippen molar-refractivity contribution in [1.82, 2.24) is 4.98 Å². The van der Waals surface area contributed by atoms with Crippen molar-refractivity contribution in [3.63, 3.8) is 0 Å². The monoisotopic (exact) mass is 347 g/mol. The molecule has 4 aromatic rings. The largest absolute Gasteiger partial charge is 0.458 e. The van der Waals surface area contributed by atoms with Crippen molar-refractivity contribution < 1.29 is 18.7 Å². The number of oxazole rings is 1. The van der Waals surface area contributed by atoms with E-state index in [4.69, 9.17) is 8.83 Å². The van der Waals surface area contributed by atoms with E-state index in [1.54, 1.807) is 31.2 Å². The minimum Gasteiger partial charge on any atom is -0.458 e. The van der Waals surface area contributed by atoms with E-state index in [9.17, 15) is 9.90 Å². The molecule has 1 N–H and O–H groups in total. The van der Waals surface area contributed by atoms with E-state index in [0.29, 0.717) is 34.3 Å². The van der Waals surface area contributed by atoms with Crippen LogP contribution in [0.25, 0.3) is 22.4 Å². The van der Waals surface area contributed by atoms with Gasteiger partial charge in [-0.3, -0.25) is 4.79 Å². The molecule has 1 atom stereocenters. The number of carbonyl (C=O) groups excluding carboxylic acids is 1. The molecule has 0 fully saturated rings. The number of fused-ring (bicyclic) bond motifs is 1. The Kier molecular flexibility index (Phi) is 3.93. The van der Waals surface area contributed by atoms with Crippen LogP contribution in [-0.4, -0.2) is 16.4 Å². The number of benzene rings is 2. The molecule has 0 aliphatic rings. The molecule has 5 heteroatoms. The summed E-state index contributed by atoms with van der Waals surface area (Å²) in [5.41, 5.74) is 3.52. The van der Waals surface area contributed by atoms with Gasteiger partial charge in [0.1, 0.15) is 29.1 Å². The number of aryl methyl sites for hydroxylation is 2. The van der Waals surface area contributed by atoms with E-state index in [-0.39, 0.29) is 0 Å². The van der Waals surface area contributed by atoms with Crippen molar-refractivity contribution in [2.75, 3.05) is 0 Å². The van der Waals surface area contributed by atoms with Crippen molar-refractivity contribution in [3.8, 4) is 11.5 Å². The van der Waals surface area contributed by atoms with E-state index >= 15 is 0 Å². The van der Waals surface area contributed by atoms with Gasteiger partial charge in [-0.1, -0.05) is 17.7 Å². The number of hydrogen-bond donors (Lipinski definition) is 1. The van der Waals surface area contributed by atoms with Crippen LogP contribution in [-0.2, 0) is 0 Å². The minimum atomic E-state index is -1.05. The number of nitrogens with zero attached hydrogens (tertiary/aromatic N) is 1. The average Bonchev–Trinajstić information content (AvgIpc) is 3.24. The molecule has 130 valence electrons. The number of aliphatic hydroxyl groups excluding tert-OH is 1. The van der Waals surface area contributed by atoms with E-state index in [0.717, 1.165) is 22.8 Å². The van der Waals surface area contributed by atoms with Crippen LogP contribution in [0.4, 0.5) is 0 Å². The van der Waals surface area contributed by atoms with Crippen LogP contribution in [0.5, 0.6) is 0 Å². The molecule has 0 radical (unpaired) electrons. The van der Waals surface area contributed by atoms with Gasteiger partial charge in [0.15, 0.2) is 6.10 Å². The highest BCUT2D eigenvalue weighted by molar-refractivity contribution is 5.86. The fraction of sp³-hybridized carbons (Fsp3) is 0.143. The number of furan rings is 1. The zero-order valence-corrected chi connectivity index (χ0v) is 14.4. The van der Waals surface area contributed by atoms with Crippen LogP contribution in [0.2, 0.25) is 0 Å². The highest BCUT2D eigenvalue weighted by atomic mass is 16.4. The van der Waals surface area contributed by atoms with Gasteiger partial charge >= 0.3 is 0 Å². The zero-order chi connectivity index (χ0) is 18.3. The Morgan fingerprint density at radius 1 is 1.08 bits per heavy atom. The van der Waals surface area contributed by atoms with Crippen molar-refractivity contribution in [2.45, 2.75) is 20.0 Å². The molecule has 2 aromatic carbocycles. The molecule has 0 amide bonds. The summed E-state index contributed by atoms with van der Waals surface area (Å²) >= 11 is 0. The fourth-order valence-corrected chi connectivity index (χ4v) is 2.99. The van der Waals surface area contributed by atoms with Crippen molar-refractivity contribution in [2.24, 2.45) is 0 Å². The summed E-state index contributed by atoms with van der Waals surface area (Å²) < 4.78 is 11.5. The lowest BCUT2D eigenvalue weighted by Gasteiger charge is -2.03. The molecule has 0 bridgehead atoms. The van der Waals surface area contributed by atoms with Crippen LogP contribution in [0.15, 0.2) is 57.4 Å². The Balaban J connectivity index is 1.72. The maximum Gasteiger partial charge on any atom is 0.226 e. The van der Waals surface area contributed by atoms with Gasteiger partial charge in [0.2, 0.25) is 5.89 Å². The maximum atomic E-state index is 10.9. The summed E-state index contributed by atoms with van der Waals surface area (Å²) in [5.74, 6) is 1.35. The second kappa shape index (κ2) is 6.28. The first-order valence-electron chi connectivity index (χ1n) is 8.26. The molecule has 5 nitrogen and oxygen atoms in total. The fourth-order valence-electron chi connectivity index (χ4n) is 2.99. The Labute approximate surface area is 149 Å². The molecule has 2 heterocycles. The average molecular weight is 347 g/mol. The van der Waals surface area contributed by atoms with Gasteiger partial charge in [-0.2, -0.15) is 0 Å². The van der Waals surface area contributed by atoms with Crippen LogP contribution in [0.3, 0.4) is 0 Å². The predicted octanol–water partition coefficient (Wildman–Crippen LogP) is 4.60. The lowest BCUT2D eigenvalue weighted by molar-refractivity contribution is 0.112. The third kappa shape index (κ3) is 2.82. The number of aldehydes is 1. The molecular formula is C21H17NO4. The predicted molar refractivity (Wildman–Crippen MR) is 97.1 cm³/mol. The van der Waals surface area contributed by atoms with Crippen molar-refractivity contribution >= 4 is 17.3 Å². The normalized spacial score (nSPS) is 12.4. The molecule has 1 unspecified atom stereocenters. The molecule has 26 heavy (non-hydrogen) atoms. The Bertz CT molecular complexity index is 1110. The Hall–Kier alpha value is -3.18. The number of aliphatic hydroxyl groups is 1. The van der Waals surface area contributed by atoms with Crippen LogP contribution in [0, 0.1) is 13.8 Å². The van der Waals surface area contributed by atoms with E-state index in [1.807, 2.05) is 31.2 Å². The smallest absolute Gasteiger partial charge is 0.226 e. The third-order valence-corrected chi connectivity index (χ3v) is 4.32. The van der Waals surface area contributed by atoms with Gasteiger partial charge in [-0.25, -0.2) is 4.98 Å². The Morgan fingerprint density at radius 3 is 2.69 bits per heavy atom. The zero-order valence-electron chi connectivity index (χ0n) is 14.4. The van der Waals surface area contributed by atoms with Gasteiger partial charge in [0.25, 0.3) is 0 Å².